The molecule has 2 nitrogen and oxygen atoms in total. The molecule has 1 fully saturated rings. The van der Waals surface area contributed by atoms with E-state index in [4.69, 9.17) is 0 Å². The molecule has 108 valence electrons. The number of rotatable bonds is 3. The van der Waals surface area contributed by atoms with Gasteiger partial charge >= 0.3 is 0 Å². The first-order valence-electron chi connectivity index (χ1n) is 6.55. The van der Waals surface area contributed by atoms with E-state index in [0.29, 0.717) is 12.8 Å². The predicted molar refractivity (Wildman–Crippen MR) is 72.3 cm³/mol. The van der Waals surface area contributed by atoms with Crippen LogP contribution in [0.25, 0.3) is 0 Å². The highest BCUT2D eigenvalue weighted by Crippen LogP contribution is 2.49. The van der Waals surface area contributed by atoms with E-state index in [-0.39, 0.29) is 5.56 Å². The van der Waals surface area contributed by atoms with Gasteiger partial charge in [-0.05, 0) is 31.0 Å². The maximum absolute atomic E-state index is 13.9. The van der Waals surface area contributed by atoms with Gasteiger partial charge in [-0.2, -0.15) is 0 Å². The van der Waals surface area contributed by atoms with Crippen molar-refractivity contribution >= 4 is 11.6 Å². The van der Waals surface area contributed by atoms with Crippen LogP contribution in [0.1, 0.15) is 18.4 Å². The SMILES string of the molecule is O=C(Nc1c(F)cccc1F)C1(c2ccccc2F)CC1. The molecule has 2 aromatic carbocycles. The van der Waals surface area contributed by atoms with E-state index in [1.165, 1.54) is 24.3 Å². The number of amides is 1. The van der Waals surface area contributed by atoms with Crippen LogP contribution in [0.4, 0.5) is 18.9 Å². The summed E-state index contributed by atoms with van der Waals surface area (Å²) in [5, 5.41) is 2.25. The maximum atomic E-state index is 13.9. The van der Waals surface area contributed by atoms with E-state index in [9.17, 15) is 18.0 Å². The van der Waals surface area contributed by atoms with Gasteiger partial charge in [0.25, 0.3) is 0 Å². The molecular formula is C16H12F3NO. The smallest absolute Gasteiger partial charge is 0.235 e. The highest BCUT2D eigenvalue weighted by atomic mass is 19.1. The van der Waals surface area contributed by atoms with E-state index in [1.807, 2.05) is 0 Å². The van der Waals surface area contributed by atoms with Crippen LogP contribution in [0, 0.1) is 17.5 Å². The van der Waals surface area contributed by atoms with Crippen molar-refractivity contribution in [3.05, 3.63) is 65.5 Å². The van der Waals surface area contributed by atoms with Gasteiger partial charge in [0.2, 0.25) is 5.91 Å². The molecule has 0 aliphatic heterocycles. The lowest BCUT2D eigenvalue weighted by atomic mass is 9.94. The van der Waals surface area contributed by atoms with Crippen molar-refractivity contribution in [1.82, 2.24) is 0 Å². The van der Waals surface area contributed by atoms with Crippen LogP contribution in [0.5, 0.6) is 0 Å². The van der Waals surface area contributed by atoms with Crippen LogP contribution in [-0.2, 0) is 10.2 Å². The second kappa shape index (κ2) is 4.91. The van der Waals surface area contributed by atoms with Crippen LogP contribution in [0.2, 0.25) is 0 Å². The zero-order valence-electron chi connectivity index (χ0n) is 11.0. The van der Waals surface area contributed by atoms with Gasteiger partial charge < -0.3 is 5.32 Å². The molecule has 0 atom stereocenters. The molecule has 1 aliphatic carbocycles. The second-order valence-corrected chi connectivity index (χ2v) is 5.11. The first-order chi connectivity index (χ1) is 10.0. The molecule has 0 unspecified atom stereocenters. The zero-order chi connectivity index (χ0) is 15.0. The maximum Gasteiger partial charge on any atom is 0.235 e. The summed E-state index contributed by atoms with van der Waals surface area (Å²) in [6, 6.07) is 9.29. The molecule has 0 heterocycles. The van der Waals surface area contributed by atoms with Gasteiger partial charge in [-0.1, -0.05) is 24.3 Å². The molecule has 2 aromatic rings. The van der Waals surface area contributed by atoms with Crippen molar-refractivity contribution in [2.45, 2.75) is 18.3 Å². The molecule has 21 heavy (non-hydrogen) atoms. The van der Waals surface area contributed by atoms with Crippen LogP contribution in [0.3, 0.4) is 0 Å². The minimum atomic E-state index is -1.03. The Bertz CT molecular complexity index is 690. The summed E-state index contributed by atoms with van der Waals surface area (Å²) in [5.74, 6) is -2.78. The van der Waals surface area contributed by atoms with Crippen molar-refractivity contribution < 1.29 is 18.0 Å². The number of anilines is 1. The fourth-order valence-electron chi connectivity index (χ4n) is 2.44. The molecule has 1 saturated carbocycles. The number of hydrogen-bond acceptors (Lipinski definition) is 1. The topological polar surface area (TPSA) is 29.1 Å². The molecule has 1 aliphatic rings. The Hall–Kier alpha value is -2.30. The number of hydrogen-bond donors (Lipinski definition) is 1. The second-order valence-electron chi connectivity index (χ2n) is 5.11. The van der Waals surface area contributed by atoms with Gasteiger partial charge in [-0.25, -0.2) is 13.2 Å². The summed E-state index contributed by atoms with van der Waals surface area (Å²) in [6.07, 6.45) is 0.908. The van der Waals surface area contributed by atoms with Gasteiger partial charge in [0.1, 0.15) is 23.1 Å². The summed E-state index contributed by atoms with van der Waals surface area (Å²) in [4.78, 5) is 12.3. The molecule has 1 amide bonds. The summed E-state index contributed by atoms with van der Waals surface area (Å²) in [5.41, 5.74) is -1.26. The van der Waals surface area contributed by atoms with Crippen molar-refractivity contribution in [1.29, 1.82) is 0 Å². The molecule has 0 radical (unpaired) electrons. The summed E-state index contributed by atoms with van der Waals surface area (Å²) in [6.45, 7) is 0. The van der Waals surface area contributed by atoms with Crippen molar-refractivity contribution in [2.24, 2.45) is 0 Å². The quantitative estimate of drug-likeness (QED) is 0.916. The number of carbonyl (C=O) groups is 1. The fourth-order valence-corrected chi connectivity index (χ4v) is 2.44. The van der Waals surface area contributed by atoms with E-state index in [2.05, 4.69) is 5.32 Å². The van der Waals surface area contributed by atoms with Crippen molar-refractivity contribution in [2.75, 3.05) is 5.32 Å². The molecule has 3 rings (SSSR count). The predicted octanol–water partition coefficient (Wildman–Crippen LogP) is 3.77. The standard InChI is InChI=1S/C16H12F3NO/c17-11-5-2-1-4-10(11)16(8-9-16)15(21)20-14-12(18)6-3-7-13(14)19/h1-7H,8-9H2,(H,20,21). The lowest BCUT2D eigenvalue weighted by Crippen LogP contribution is -2.29. The number of halogens is 3. The van der Waals surface area contributed by atoms with Crippen molar-refractivity contribution in [3.63, 3.8) is 0 Å². The van der Waals surface area contributed by atoms with Gasteiger partial charge in [0, 0.05) is 5.56 Å². The number of nitrogens with one attached hydrogen (secondary N) is 1. The Morgan fingerprint density at radius 3 is 2.05 bits per heavy atom. The third-order valence-corrected chi connectivity index (χ3v) is 3.78. The Balaban J connectivity index is 1.91. The van der Waals surface area contributed by atoms with Crippen LogP contribution in [-0.4, -0.2) is 5.91 Å². The average molecular weight is 291 g/mol. The Morgan fingerprint density at radius 1 is 0.905 bits per heavy atom. The van der Waals surface area contributed by atoms with Gasteiger partial charge in [0.05, 0.1) is 5.41 Å². The first kappa shape index (κ1) is 13.7. The summed E-state index contributed by atoms with van der Waals surface area (Å²) < 4.78 is 41.0. The summed E-state index contributed by atoms with van der Waals surface area (Å²) >= 11 is 0. The van der Waals surface area contributed by atoms with E-state index in [1.54, 1.807) is 6.07 Å². The lowest BCUT2D eigenvalue weighted by Gasteiger charge is -2.17. The number of benzene rings is 2. The highest BCUT2D eigenvalue weighted by molar-refractivity contribution is 6.01. The van der Waals surface area contributed by atoms with Gasteiger partial charge in [0.15, 0.2) is 0 Å². The monoisotopic (exact) mass is 291 g/mol. The number of para-hydroxylation sites is 1. The summed E-state index contributed by atoms with van der Waals surface area (Å²) in [7, 11) is 0. The first-order valence-corrected chi connectivity index (χ1v) is 6.55. The lowest BCUT2D eigenvalue weighted by molar-refractivity contribution is -0.118. The van der Waals surface area contributed by atoms with Gasteiger partial charge in [-0.15, -0.1) is 0 Å². The largest absolute Gasteiger partial charge is 0.320 e. The third kappa shape index (κ3) is 2.28. The van der Waals surface area contributed by atoms with Gasteiger partial charge in [-0.3, -0.25) is 4.79 Å². The zero-order valence-corrected chi connectivity index (χ0v) is 11.0. The average Bonchev–Trinajstić information content (AvgIpc) is 3.25. The van der Waals surface area contributed by atoms with Crippen LogP contribution < -0.4 is 5.32 Å². The molecule has 0 saturated heterocycles. The van der Waals surface area contributed by atoms with Crippen LogP contribution >= 0.6 is 0 Å². The molecule has 5 heteroatoms. The van der Waals surface area contributed by atoms with E-state index >= 15 is 0 Å². The third-order valence-electron chi connectivity index (χ3n) is 3.78. The van der Waals surface area contributed by atoms with E-state index in [0.717, 1.165) is 12.1 Å². The minimum absolute atomic E-state index is 0.263. The van der Waals surface area contributed by atoms with Crippen LogP contribution in [0.15, 0.2) is 42.5 Å². The molecule has 0 aromatic heterocycles. The molecule has 0 spiro atoms. The Labute approximate surface area is 119 Å². The fraction of sp³-hybridized carbons (Fsp3) is 0.188. The normalized spacial score (nSPS) is 15.6. The van der Waals surface area contributed by atoms with Crippen molar-refractivity contribution in [3.8, 4) is 0 Å². The Morgan fingerprint density at radius 2 is 1.48 bits per heavy atom. The minimum Gasteiger partial charge on any atom is -0.320 e. The molecule has 0 bridgehead atoms. The molecule has 1 N–H and O–H groups in total. The highest BCUT2D eigenvalue weighted by Gasteiger charge is 2.52. The molecular weight excluding hydrogens is 279 g/mol. The Kier molecular flexibility index (Phi) is 3.20. The van der Waals surface area contributed by atoms with E-state index < -0.39 is 34.5 Å². The number of carbonyl (C=O) groups excluding carboxylic acids is 1.